The number of nitrogens with one attached hydrogen (secondary N) is 2. The van der Waals surface area contributed by atoms with Crippen LogP contribution in [0.1, 0.15) is 0 Å². The van der Waals surface area contributed by atoms with Gasteiger partial charge in [0.25, 0.3) is 0 Å². The molecule has 86 valence electrons. The zero-order valence-corrected chi connectivity index (χ0v) is 9.12. The summed E-state index contributed by atoms with van der Waals surface area (Å²) >= 11 is 0. The molecule has 0 amide bonds. The number of nitrogens with two attached hydrogens (primary N) is 1. The molecule has 1 aromatic rings. The van der Waals surface area contributed by atoms with Crippen LogP contribution in [-0.4, -0.2) is 44.9 Å². The second-order valence-electron chi connectivity index (χ2n) is 2.94. The summed E-state index contributed by atoms with van der Waals surface area (Å²) in [6, 6.07) is -0.435. The van der Waals surface area contributed by atoms with E-state index < -0.39 is 16.1 Å². The quantitative estimate of drug-likeness (QED) is 0.564. The fourth-order valence-corrected chi connectivity index (χ4v) is 2.16. The molecule has 0 saturated heterocycles. The number of ether oxygens (including phenoxy) is 1. The lowest BCUT2D eigenvalue weighted by Gasteiger charge is -2.14. The number of aromatic amines is 1. The molecule has 0 aliphatic rings. The number of sulfonamides is 1. The van der Waals surface area contributed by atoms with Crippen molar-refractivity contribution in [3.05, 3.63) is 12.4 Å². The van der Waals surface area contributed by atoms with Crippen LogP contribution in [0.5, 0.6) is 0 Å². The predicted octanol–water partition coefficient (Wildman–Crippen LogP) is -1.34. The van der Waals surface area contributed by atoms with Crippen LogP contribution in [0.15, 0.2) is 17.3 Å². The third kappa shape index (κ3) is 3.27. The number of hydrogen-bond donors (Lipinski definition) is 3. The molecule has 15 heavy (non-hydrogen) atoms. The van der Waals surface area contributed by atoms with Crippen LogP contribution in [0.25, 0.3) is 0 Å². The minimum Gasteiger partial charge on any atom is -0.383 e. The van der Waals surface area contributed by atoms with E-state index in [1.807, 2.05) is 0 Å². The third-order valence-electron chi connectivity index (χ3n) is 1.76. The molecule has 0 aromatic carbocycles. The van der Waals surface area contributed by atoms with Gasteiger partial charge in [0.2, 0.25) is 10.0 Å². The highest BCUT2D eigenvalue weighted by molar-refractivity contribution is 7.89. The molecule has 0 bridgehead atoms. The maximum atomic E-state index is 11.7. The van der Waals surface area contributed by atoms with Crippen molar-refractivity contribution in [3.63, 3.8) is 0 Å². The predicted molar refractivity (Wildman–Crippen MR) is 53.6 cm³/mol. The number of nitrogens with zero attached hydrogens (tertiary/aromatic N) is 1. The van der Waals surface area contributed by atoms with Gasteiger partial charge in [-0.25, -0.2) is 13.1 Å². The van der Waals surface area contributed by atoms with Gasteiger partial charge in [0.1, 0.15) is 4.90 Å². The Balaban J connectivity index is 2.72. The highest BCUT2D eigenvalue weighted by Gasteiger charge is 2.19. The fourth-order valence-electron chi connectivity index (χ4n) is 1.02. The fraction of sp³-hybridized carbons (Fsp3) is 0.571. The van der Waals surface area contributed by atoms with Crippen molar-refractivity contribution in [2.24, 2.45) is 5.73 Å². The Labute approximate surface area is 88.1 Å². The molecule has 1 atom stereocenters. The van der Waals surface area contributed by atoms with Crippen molar-refractivity contribution in [2.75, 3.05) is 20.3 Å². The largest absolute Gasteiger partial charge is 0.383 e. The molecule has 1 rings (SSSR count). The van der Waals surface area contributed by atoms with Crippen LogP contribution in [-0.2, 0) is 14.8 Å². The summed E-state index contributed by atoms with van der Waals surface area (Å²) in [6.45, 7) is 0.401. The smallest absolute Gasteiger partial charge is 0.244 e. The Bertz CT molecular complexity index is 375. The highest BCUT2D eigenvalue weighted by Crippen LogP contribution is 2.05. The topological polar surface area (TPSA) is 110 Å². The molecule has 0 radical (unpaired) electrons. The molecular formula is C7H14N4O3S. The van der Waals surface area contributed by atoms with E-state index in [2.05, 4.69) is 14.9 Å². The van der Waals surface area contributed by atoms with Crippen molar-refractivity contribution in [3.8, 4) is 0 Å². The monoisotopic (exact) mass is 234 g/mol. The van der Waals surface area contributed by atoms with Crippen molar-refractivity contribution in [2.45, 2.75) is 10.9 Å². The summed E-state index contributed by atoms with van der Waals surface area (Å²) in [7, 11) is -2.07. The molecule has 7 nitrogen and oxygen atoms in total. The summed E-state index contributed by atoms with van der Waals surface area (Å²) in [5.41, 5.74) is 5.39. The molecule has 1 heterocycles. The second-order valence-corrected chi connectivity index (χ2v) is 4.66. The summed E-state index contributed by atoms with van der Waals surface area (Å²) in [4.78, 5) is 0.0806. The van der Waals surface area contributed by atoms with Gasteiger partial charge < -0.3 is 10.5 Å². The molecule has 0 fully saturated rings. The van der Waals surface area contributed by atoms with E-state index in [0.717, 1.165) is 0 Å². The van der Waals surface area contributed by atoms with E-state index >= 15 is 0 Å². The van der Waals surface area contributed by atoms with Gasteiger partial charge in [0.05, 0.1) is 18.8 Å². The third-order valence-corrected chi connectivity index (χ3v) is 3.25. The van der Waals surface area contributed by atoms with Gasteiger partial charge in [0, 0.05) is 19.9 Å². The van der Waals surface area contributed by atoms with Gasteiger partial charge in [0.15, 0.2) is 0 Å². The molecule has 0 saturated carbocycles. The normalized spacial score (nSPS) is 14.0. The summed E-state index contributed by atoms with van der Waals surface area (Å²) in [5.74, 6) is 0. The Morgan fingerprint density at radius 2 is 2.47 bits per heavy atom. The Morgan fingerprint density at radius 3 is 2.93 bits per heavy atom. The van der Waals surface area contributed by atoms with Crippen molar-refractivity contribution in [1.82, 2.24) is 14.9 Å². The average Bonchev–Trinajstić information content (AvgIpc) is 2.70. The van der Waals surface area contributed by atoms with E-state index in [0.29, 0.717) is 0 Å². The molecule has 1 aromatic heterocycles. The van der Waals surface area contributed by atoms with Crippen molar-refractivity contribution in [1.29, 1.82) is 0 Å². The summed E-state index contributed by atoms with van der Waals surface area (Å²) in [6.07, 6.45) is 2.52. The van der Waals surface area contributed by atoms with Gasteiger partial charge in [-0.3, -0.25) is 5.10 Å². The average molecular weight is 234 g/mol. The molecule has 8 heteroatoms. The number of hydrogen-bond acceptors (Lipinski definition) is 5. The van der Waals surface area contributed by atoms with Crippen LogP contribution in [0.3, 0.4) is 0 Å². The second kappa shape index (κ2) is 5.21. The lowest BCUT2D eigenvalue weighted by atomic mass is 10.3. The van der Waals surface area contributed by atoms with E-state index in [1.54, 1.807) is 0 Å². The molecular weight excluding hydrogens is 220 g/mol. The maximum Gasteiger partial charge on any atom is 0.244 e. The van der Waals surface area contributed by atoms with Gasteiger partial charge in [-0.1, -0.05) is 0 Å². The zero-order valence-electron chi connectivity index (χ0n) is 8.30. The standard InChI is InChI=1S/C7H14N4O3S/c1-14-5-6(2-8)11-15(12,13)7-3-9-10-4-7/h3-4,6,11H,2,5,8H2,1H3,(H,9,10). The lowest BCUT2D eigenvalue weighted by molar-refractivity contribution is 0.177. The minimum absolute atomic E-state index is 0.0806. The first-order valence-electron chi connectivity index (χ1n) is 4.30. The van der Waals surface area contributed by atoms with Crippen LogP contribution >= 0.6 is 0 Å². The number of aromatic nitrogens is 2. The van der Waals surface area contributed by atoms with Crippen LogP contribution in [0, 0.1) is 0 Å². The highest BCUT2D eigenvalue weighted by atomic mass is 32.2. The molecule has 4 N–H and O–H groups in total. The lowest BCUT2D eigenvalue weighted by Crippen LogP contribution is -2.42. The van der Waals surface area contributed by atoms with E-state index in [4.69, 9.17) is 10.5 Å². The van der Waals surface area contributed by atoms with E-state index in [1.165, 1.54) is 19.5 Å². The van der Waals surface area contributed by atoms with E-state index in [-0.39, 0.29) is 18.0 Å². The van der Waals surface area contributed by atoms with Crippen molar-refractivity contribution < 1.29 is 13.2 Å². The first-order chi connectivity index (χ1) is 7.10. The van der Waals surface area contributed by atoms with E-state index in [9.17, 15) is 8.42 Å². The number of methoxy groups -OCH3 is 1. The van der Waals surface area contributed by atoms with Crippen molar-refractivity contribution >= 4 is 10.0 Å². The van der Waals surface area contributed by atoms with Crippen LogP contribution in [0.2, 0.25) is 0 Å². The first kappa shape index (κ1) is 12.1. The SMILES string of the molecule is COCC(CN)NS(=O)(=O)c1cn[nH]c1. The van der Waals surface area contributed by atoms with Gasteiger partial charge in [-0.2, -0.15) is 5.10 Å². The van der Waals surface area contributed by atoms with Crippen LogP contribution in [0.4, 0.5) is 0 Å². The molecule has 0 aliphatic heterocycles. The first-order valence-corrected chi connectivity index (χ1v) is 5.78. The Morgan fingerprint density at radius 1 is 1.73 bits per heavy atom. The summed E-state index contributed by atoms with van der Waals surface area (Å²) in [5, 5.41) is 5.99. The minimum atomic E-state index is -3.55. The Kier molecular flexibility index (Phi) is 4.21. The number of rotatable bonds is 6. The van der Waals surface area contributed by atoms with Crippen LogP contribution < -0.4 is 10.5 Å². The van der Waals surface area contributed by atoms with Gasteiger partial charge >= 0.3 is 0 Å². The summed E-state index contributed by atoms with van der Waals surface area (Å²) < 4.78 is 30.5. The van der Waals surface area contributed by atoms with Gasteiger partial charge in [-0.05, 0) is 0 Å². The zero-order chi connectivity index (χ0) is 11.3. The maximum absolute atomic E-state index is 11.7. The molecule has 1 unspecified atom stereocenters. The van der Waals surface area contributed by atoms with Gasteiger partial charge in [-0.15, -0.1) is 0 Å². The number of H-pyrrole nitrogens is 1. The molecule has 0 spiro atoms. The Hall–Kier alpha value is -0.960. The molecule has 0 aliphatic carbocycles.